The molecule has 0 radical (unpaired) electrons. The summed E-state index contributed by atoms with van der Waals surface area (Å²) in [5, 5.41) is 12.2. The smallest absolute Gasteiger partial charge is 0.441 e. The number of halogens is 3. The van der Waals surface area contributed by atoms with Gasteiger partial charge < -0.3 is 10.4 Å². The largest absolute Gasteiger partial charge is 0.508 e. The molecule has 0 aliphatic rings. The Balaban J connectivity index is 2.21. The minimum absolute atomic E-state index is 0.0117. The second kappa shape index (κ2) is 6.89. The van der Waals surface area contributed by atoms with Gasteiger partial charge in [0.15, 0.2) is 0 Å². The number of phenols is 1. The molecule has 0 fully saturated rings. The van der Waals surface area contributed by atoms with E-state index >= 15 is 0 Å². The molecule has 1 unspecified atom stereocenters. The van der Waals surface area contributed by atoms with Crippen molar-refractivity contribution in [1.82, 2.24) is 5.32 Å². The van der Waals surface area contributed by atoms with E-state index < -0.39 is 5.51 Å². The molecule has 0 aromatic heterocycles. The number of alkyl halides is 3. The molecule has 0 aliphatic carbocycles. The molecule has 1 rings (SSSR count). The van der Waals surface area contributed by atoms with Gasteiger partial charge in [-0.25, -0.2) is 0 Å². The number of hydrogen-bond acceptors (Lipinski definition) is 3. The number of benzene rings is 1. The molecule has 2 N–H and O–H groups in total. The highest BCUT2D eigenvalue weighted by molar-refractivity contribution is 8.00. The number of hydrogen-bond donors (Lipinski definition) is 2. The molecule has 0 heterocycles. The van der Waals surface area contributed by atoms with E-state index in [0.717, 1.165) is 12.0 Å². The van der Waals surface area contributed by atoms with Crippen molar-refractivity contribution >= 4 is 11.8 Å². The summed E-state index contributed by atoms with van der Waals surface area (Å²) >= 11 is -0.0117. The minimum Gasteiger partial charge on any atom is -0.508 e. The molecule has 0 saturated heterocycles. The van der Waals surface area contributed by atoms with Crippen LogP contribution in [0.25, 0.3) is 0 Å². The van der Waals surface area contributed by atoms with Crippen molar-refractivity contribution in [3.63, 3.8) is 0 Å². The van der Waals surface area contributed by atoms with Gasteiger partial charge in [0.2, 0.25) is 0 Å². The molecule has 0 amide bonds. The first-order valence-corrected chi connectivity index (χ1v) is 6.57. The van der Waals surface area contributed by atoms with Crippen LogP contribution in [0.4, 0.5) is 13.2 Å². The lowest BCUT2D eigenvalue weighted by molar-refractivity contribution is -0.0327. The fourth-order valence-corrected chi connectivity index (χ4v) is 1.98. The molecular formula is C12H16F3NOS. The Morgan fingerprint density at radius 1 is 1.28 bits per heavy atom. The Labute approximate surface area is 109 Å². The number of aromatic hydroxyl groups is 1. The van der Waals surface area contributed by atoms with Gasteiger partial charge in [-0.2, -0.15) is 13.2 Å². The van der Waals surface area contributed by atoms with E-state index in [9.17, 15) is 13.2 Å². The molecular weight excluding hydrogens is 263 g/mol. The lowest BCUT2D eigenvalue weighted by Gasteiger charge is -2.14. The molecule has 6 heteroatoms. The Morgan fingerprint density at radius 2 is 1.89 bits per heavy atom. The zero-order valence-electron chi connectivity index (χ0n) is 10.00. The lowest BCUT2D eigenvalue weighted by Crippen LogP contribution is -2.30. The summed E-state index contributed by atoms with van der Waals surface area (Å²) in [4.78, 5) is 0. The van der Waals surface area contributed by atoms with E-state index in [0.29, 0.717) is 6.54 Å². The van der Waals surface area contributed by atoms with Crippen molar-refractivity contribution in [2.24, 2.45) is 0 Å². The van der Waals surface area contributed by atoms with Crippen LogP contribution in [0.2, 0.25) is 0 Å². The lowest BCUT2D eigenvalue weighted by atomic mass is 10.1. The van der Waals surface area contributed by atoms with Crippen LogP contribution in [0.15, 0.2) is 24.3 Å². The van der Waals surface area contributed by atoms with Crippen molar-refractivity contribution in [1.29, 1.82) is 0 Å². The summed E-state index contributed by atoms with van der Waals surface area (Å²) in [6.45, 7) is 2.24. The molecule has 2 nitrogen and oxygen atoms in total. The summed E-state index contributed by atoms with van der Waals surface area (Å²) in [5.74, 6) is 0.226. The second-order valence-corrected chi connectivity index (χ2v) is 5.18. The summed E-state index contributed by atoms with van der Waals surface area (Å²) in [5.41, 5.74) is -3.11. The topological polar surface area (TPSA) is 32.3 Å². The second-order valence-electron chi connectivity index (χ2n) is 4.02. The van der Waals surface area contributed by atoms with Crippen LogP contribution in [0, 0.1) is 0 Å². The van der Waals surface area contributed by atoms with Crippen LogP contribution in [-0.2, 0) is 6.42 Å². The van der Waals surface area contributed by atoms with Crippen LogP contribution in [0.5, 0.6) is 5.75 Å². The maximum absolute atomic E-state index is 11.9. The van der Waals surface area contributed by atoms with Crippen LogP contribution in [0.1, 0.15) is 12.5 Å². The van der Waals surface area contributed by atoms with Crippen LogP contribution >= 0.6 is 11.8 Å². The van der Waals surface area contributed by atoms with E-state index in [1.54, 1.807) is 24.3 Å². The highest BCUT2D eigenvalue weighted by Gasteiger charge is 2.27. The SMILES string of the molecule is CC(Cc1ccc(O)cc1)NCCSC(F)(F)F. The van der Waals surface area contributed by atoms with Gasteiger partial charge in [-0.3, -0.25) is 0 Å². The van der Waals surface area contributed by atoms with Gasteiger partial charge in [0, 0.05) is 18.3 Å². The van der Waals surface area contributed by atoms with E-state index in [1.165, 1.54) is 0 Å². The van der Waals surface area contributed by atoms with E-state index in [2.05, 4.69) is 5.32 Å². The van der Waals surface area contributed by atoms with Crippen molar-refractivity contribution in [3.05, 3.63) is 29.8 Å². The molecule has 0 aliphatic heterocycles. The van der Waals surface area contributed by atoms with Crippen LogP contribution in [0.3, 0.4) is 0 Å². The molecule has 1 aromatic rings. The van der Waals surface area contributed by atoms with Gasteiger partial charge in [0.25, 0.3) is 0 Å². The average molecular weight is 279 g/mol. The number of thioether (sulfide) groups is 1. The van der Waals surface area contributed by atoms with Gasteiger partial charge in [-0.15, -0.1) is 0 Å². The summed E-state index contributed by atoms with van der Waals surface area (Å²) in [7, 11) is 0. The molecule has 18 heavy (non-hydrogen) atoms. The van der Waals surface area contributed by atoms with Crippen LogP contribution in [-0.4, -0.2) is 29.0 Å². The quantitative estimate of drug-likeness (QED) is 0.785. The first-order valence-electron chi connectivity index (χ1n) is 5.59. The summed E-state index contributed by atoms with van der Waals surface area (Å²) < 4.78 is 35.6. The van der Waals surface area contributed by atoms with Crippen molar-refractivity contribution in [3.8, 4) is 5.75 Å². The molecule has 1 aromatic carbocycles. The third kappa shape index (κ3) is 6.76. The summed E-state index contributed by atoms with van der Waals surface area (Å²) in [6.07, 6.45) is 0.719. The van der Waals surface area contributed by atoms with Crippen molar-refractivity contribution in [2.45, 2.75) is 24.9 Å². The van der Waals surface area contributed by atoms with Gasteiger partial charge >= 0.3 is 5.51 Å². The Hall–Kier alpha value is -0.880. The fourth-order valence-electron chi connectivity index (χ4n) is 1.53. The van der Waals surface area contributed by atoms with E-state index in [1.807, 2.05) is 6.92 Å². The highest BCUT2D eigenvalue weighted by atomic mass is 32.2. The van der Waals surface area contributed by atoms with E-state index in [-0.39, 0.29) is 29.3 Å². The third-order valence-electron chi connectivity index (χ3n) is 2.34. The molecule has 1 atom stereocenters. The van der Waals surface area contributed by atoms with Gasteiger partial charge in [-0.05, 0) is 42.8 Å². The third-order valence-corrected chi connectivity index (χ3v) is 3.07. The Bertz CT molecular complexity index is 353. The standard InChI is InChI=1S/C12H16F3NOS/c1-9(16-6-7-18-12(13,14)15)8-10-2-4-11(17)5-3-10/h2-5,9,16-17H,6-8H2,1H3. The monoisotopic (exact) mass is 279 g/mol. The zero-order chi connectivity index (χ0) is 13.6. The molecule has 0 spiro atoms. The predicted octanol–water partition coefficient (Wildman–Crippen LogP) is 3.17. The van der Waals surface area contributed by atoms with Gasteiger partial charge in [-0.1, -0.05) is 12.1 Å². The molecule has 102 valence electrons. The number of phenolic OH excluding ortho intramolecular Hbond substituents is 1. The maximum atomic E-state index is 11.9. The molecule has 0 bridgehead atoms. The minimum atomic E-state index is -4.15. The van der Waals surface area contributed by atoms with Crippen molar-refractivity contribution in [2.75, 3.05) is 12.3 Å². The molecule has 0 saturated carbocycles. The van der Waals surface area contributed by atoms with Crippen LogP contribution < -0.4 is 5.32 Å². The van der Waals surface area contributed by atoms with Gasteiger partial charge in [0.05, 0.1) is 0 Å². The summed E-state index contributed by atoms with van der Waals surface area (Å²) in [6, 6.07) is 6.90. The first-order chi connectivity index (χ1) is 8.37. The Kier molecular flexibility index (Phi) is 5.81. The maximum Gasteiger partial charge on any atom is 0.441 e. The first kappa shape index (κ1) is 15.2. The van der Waals surface area contributed by atoms with E-state index in [4.69, 9.17) is 5.11 Å². The Morgan fingerprint density at radius 3 is 2.44 bits per heavy atom. The number of rotatable bonds is 6. The average Bonchev–Trinajstić information content (AvgIpc) is 2.26. The zero-order valence-corrected chi connectivity index (χ0v) is 10.8. The number of nitrogens with one attached hydrogen (secondary N) is 1. The normalized spacial score (nSPS) is 13.6. The fraction of sp³-hybridized carbons (Fsp3) is 0.500. The van der Waals surface area contributed by atoms with Crippen molar-refractivity contribution < 1.29 is 18.3 Å². The van der Waals surface area contributed by atoms with Gasteiger partial charge in [0.1, 0.15) is 5.75 Å². The highest BCUT2D eigenvalue weighted by Crippen LogP contribution is 2.29. The predicted molar refractivity (Wildman–Crippen MR) is 67.8 cm³/mol.